The zero-order chi connectivity index (χ0) is 13.0. The molecular formula is C13H19NO3. The van der Waals surface area contributed by atoms with E-state index >= 15 is 0 Å². The third-order valence-corrected chi connectivity index (χ3v) is 2.62. The first-order valence-corrected chi connectivity index (χ1v) is 5.55. The van der Waals surface area contributed by atoms with E-state index in [1.807, 2.05) is 26.0 Å². The van der Waals surface area contributed by atoms with Gasteiger partial charge in [-0.25, -0.2) is 0 Å². The monoisotopic (exact) mass is 237 g/mol. The number of methoxy groups -OCH3 is 1. The van der Waals surface area contributed by atoms with E-state index in [4.69, 9.17) is 15.6 Å². The molecule has 0 saturated heterocycles. The molecule has 1 aromatic carbocycles. The second-order valence-electron chi connectivity index (χ2n) is 4.34. The maximum absolute atomic E-state index is 10.6. The van der Waals surface area contributed by atoms with Gasteiger partial charge in [0.05, 0.1) is 13.5 Å². The second kappa shape index (κ2) is 5.68. The molecule has 0 aliphatic heterocycles. The van der Waals surface area contributed by atoms with Gasteiger partial charge < -0.3 is 15.6 Å². The van der Waals surface area contributed by atoms with Crippen LogP contribution in [0.15, 0.2) is 12.1 Å². The third kappa shape index (κ3) is 3.75. The molecule has 1 aromatic rings. The summed E-state index contributed by atoms with van der Waals surface area (Å²) in [6.07, 6.45) is 0.480. The minimum atomic E-state index is -0.874. The first-order valence-electron chi connectivity index (χ1n) is 5.55. The average molecular weight is 237 g/mol. The number of hydrogen-bond acceptors (Lipinski definition) is 3. The summed E-state index contributed by atoms with van der Waals surface area (Å²) in [5.41, 5.74) is 8.94. The molecule has 1 atom stereocenters. The number of carboxylic acids is 1. The van der Waals surface area contributed by atoms with Crippen LogP contribution in [0.1, 0.15) is 23.1 Å². The third-order valence-electron chi connectivity index (χ3n) is 2.62. The fourth-order valence-electron chi connectivity index (χ4n) is 2.06. The van der Waals surface area contributed by atoms with Crippen molar-refractivity contribution in [2.24, 2.45) is 5.73 Å². The lowest BCUT2D eigenvalue weighted by atomic mass is 9.98. The maximum atomic E-state index is 10.6. The largest absolute Gasteiger partial charge is 0.496 e. The van der Waals surface area contributed by atoms with Crippen molar-refractivity contribution in [2.75, 3.05) is 7.11 Å². The Morgan fingerprint density at radius 1 is 1.47 bits per heavy atom. The predicted octanol–water partition coefficient (Wildman–Crippen LogP) is 1.66. The summed E-state index contributed by atoms with van der Waals surface area (Å²) in [6, 6.07) is 3.64. The normalized spacial score (nSPS) is 12.2. The van der Waals surface area contributed by atoms with Gasteiger partial charge in [-0.3, -0.25) is 4.79 Å². The number of aryl methyl sites for hydroxylation is 2. The molecule has 17 heavy (non-hydrogen) atoms. The molecule has 0 radical (unpaired) electrons. The Kier molecular flexibility index (Phi) is 4.52. The molecule has 1 unspecified atom stereocenters. The highest BCUT2D eigenvalue weighted by atomic mass is 16.5. The van der Waals surface area contributed by atoms with Gasteiger partial charge in [0, 0.05) is 6.04 Å². The Balaban J connectivity index is 2.92. The van der Waals surface area contributed by atoms with Gasteiger partial charge in [-0.05, 0) is 31.4 Å². The SMILES string of the molecule is COc1c(C)cc(C)cc1CC(N)CC(=O)O. The highest BCUT2D eigenvalue weighted by Gasteiger charge is 2.14. The van der Waals surface area contributed by atoms with E-state index in [-0.39, 0.29) is 12.5 Å². The van der Waals surface area contributed by atoms with Crippen LogP contribution in [-0.2, 0) is 11.2 Å². The summed E-state index contributed by atoms with van der Waals surface area (Å²) in [4.78, 5) is 10.6. The summed E-state index contributed by atoms with van der Waals surface area (Å²) in [6.45, 7) is 3.97. The Labute approximate surface area is 101 Å². The van der Waals surface area contributed by atoms with Gasteiger partial charge >= 0.3 is 5.97 Å². The van der Waals surface area contributed by atoms with Crippen LogP contribution < -0.4 is 10.5 Å². The molecule has 0 aromatic heterocycles. The lowest BCUT2D eigenvalue weighted by Gasteiger charge is -2.15. The van der Waals surface area contributed by atoms with Crippen molar-refractivity contribution in [3.8, 4) is 5.75 Å². The molecule has 94 valence electrons. The number of rotatable bonds is 5. The molecule has 3 N–H and O–H groups in total. The number of aliphatic carboxylic acids is 1. The summed E-state index contributed by atoms with van der Waals surface area (Å²) in [5.74, 6) is -0.0720. The summed E-state index contributed by atoms with van der Waals surface area (Å²) in [5, 5.41) is 8.69. The minimum Gasteiger partial charge on any atom is -0.496 e. The maximum Gasteiger partial charge on any atom is 0.304 e. The molecular weight excluding hydrogens is 218 g/mol. The molecule has 4 nitrogen and oxygen atoms in total. The van der Waals surface area contributed by atoms with Crippen LogP contribution in [0.2, 0.25) is 0 Å². The van der Waals surface area contributed by atoms with Crippen LogP contribution >= 0.6 is 0 Å². The molecule has 0 aliphatic rings. The predicted molar refractivity (Wildman–Crippen MR) is 66.4 cm³/mol. The van der Waals surface area contributed by atoms with E-state index in [2.05, 4.69) is 0 Å². The van der Waals surface area contributed by atoms with E-state index < -0.39 is 5.97 Å². The fraction of sp³-hybridized carbons (Fsp3) is 0.462. The van der Waals surface area contributed by atoms with Crippen molar-refractivity contribution in [1.29, 1.82) is 0 Å². The molecule has 0 bridgehead atoms. The number of ether oxygens (including phenoxy) is 1. The minimum absolute atomic E-state index is 0.0316. The topological polar surface area (TPSA) is 72.5 Å². The lowest BCUT2D eigenvalue weighted by Crippen LogP contribution is -2.26. The number of hydrogen-bond donors (Lipinski definition) is 2. The molecule has 4 heteroatoms. The zero-order valence-corrected chi connectivity index (χ0v) is 10.5. The highest BCUT2D eigenvalue weighted by Crippen LogP contribution is 2.26. The van der Waals surface area contributed by atoms with Crippen molar-refractivity contribution in [2.45, 2.75) is 32.7 Å². The standard InChI is InChI=1S/C13H19NO3/c1-8-4-9(2)13(17-3)10(5-8)6-11(14)7-12(15)16/h4-5,11H,6-7,14H2,1-3H3,(H,15,16). The Morgan fingerprint density at radius 2 is 2.12 bits per heavy atom. The zero-order valence-electron chi connectivity index (χ0n) is 10.5. The Bertz CT molecular complexity index is 415. The van der Waals surface area contributed by atoms with E-state index in [0.717, 1.165) is 22.4 Å². The summed E-state index contributed by atoms with van der Waals surface area (Å²) in [7, 11) is 1.61. The van der Waals surface area contributed by atoms with Crippen molar-refractivity contribution in [3.05, 3.63) is 28.8 Å². The molecule has 0 aliphatic carbocycles. The smallest absolute Gasteiger partial charge is 0.304 e. The number of carboxylic acid groups (broad SMARTS) is 1. The van der Waals surface area contributed by atoms with Crippen LogP contribution in [0.25, 0.3) is 0 Å². The first kappa shape index (κ1) is 13.5. The molecule has 0 amide bonds. The fourth-order valence-corrected chi connectivity index (χ4v) is 2.06. The highest BCUT2D eigenvalue weighted by molar-refractivity contribution is 5.67. The van der Waals surface area contributed by atoms with E-state index in [9.17, 15) is 4.79 Å². The van der Waals surface area contributed by atoms with Gasteiger partial charge in [-0.1, -0.05) is 17.7 Å². The van der Waals surface area contributed by atoms with E-state index in [1.165, 1.54) is 0 Å². The van der Waals surface area contributed by atoms with E-state index in [1.54, 1.807) is 7.11 Å². The van der Waals surface area contributed by atoms with Gasteiger partial charge in [0.2, 0.25) is 0 Å². The van der Waals surface area contributed by atoms with Crippen LogP contribution in [0.4, 0.5) is 0 Å². The molecule has 0 fully saturated rings. The Hall–Kier alpha value is -1.55. The first-order chi connectivity index (χ1) is 7.93. The number of carbonyl (C=O) groups is 1. The summed E-state index contributed by atoms with van der Waals surface area (Å²) < 4.78 is 5.33. The lowest BCUT2D eigenvalue weighted by molar-refractivity contribution is -0.137. The van der Waals surface area contributed by atoms with Gasteiger partial charge in [-0.2, -0.15) is 0 Å². The summed E-state index contributed by atoms with van der Waals surface area (Å²) >= 11 is 0. The van der Waals surface area contributed by atoms with Gasteiger partial charge in [0.25, 0.3) is 0 Å². The van der Waals surface area contributed by atoms with Crippen LogP contribution in [0, 0.1) is 13.8 Å². The molecule has 0 heterocycles. The van der Waals surface area contributed by atoms with Crippen LogP contribution in [-0.4, -0.2) is 24.2 Å². The van der Waals surface area contributed by atoms with Crippen molar-refractivity contribution in [3.63, 3.8) is 0 Å². The molecule has 0 saturated carbocycles. The van der Waals surface area contributed by atoms with Crippen LogP contribution in [0.5, 0.6) is 5.75 Å². The molecule has 1 rings (SSSR count). The van der Waals surface area contributed by atoms with Crippen molar-refractivity contribution in [1.82, 2.24) is 0 Å². The second-order valence-corrected chi connectivity index (χ2v) is 4.34. The van der Waals surface area contributed by atoms with Gasteiger partial charge in [0.15, 0.2) is 0 Å². The van der Waals surface area contributed by atoms with Crippen LogP contribution in [0.3, 0.4) is 0 Å². The number of benzene rings is 1. The van der Waals surface area contributed by atoms with Crippen molar-refractivity contribution >= 4 is 5.97 Å². The quantitative estimate of drug-likeness (QED) is 0.816. The van der Waals surface area contributed by atoms with Crippen molar-refractivity contribution < 1.29 is 14.6 Å². The molecule has 0 spiro atoms. The van der Waals surface area contributed by atoms with Gasteiger partial charge in [0.1, 0.15) is 5.75 Å². The Morgan fingerprint density at radius 3 is 2.65 bits per heavy atom. The average Bonchev–Trinajstić information content (AvgIpc) is 2.15. The van der Waals surface area contributed by atoms with E-state index in [0.29, 0.717) is 6.42 Å². The van der Waals surface area contributed by atoms with Gasteiger partial charge in [-0.15, -0.1) is 0 Å². The number of nitrogens with two attached hydrogens (primary N) is 1.